The number of hydrogen-bond donors (Lipinski definition) is 2. The number of carbonyl (C=O) groups excluding carboxylic acids is 1. The standard InChI is InChI=1S/C25H42N2O/c1-3-4-5-6-7-8-9-10-11-12-13-14-15-16-17-18-25(28)27-24-21-19-23(26-2)20-22-24/h17-22,26H,3-16H2,1-2H3,(H,27,28). The van der Waals surface area contributed by atoms with E-state index in [0.29, 0.717) is 0 Å². The van der Waals surface area contributed by atoms with Gasteiger partial charge < -0.3 is 10.6 Å². The summed E-state index contributed by atoms with van der Waals surface area (Å²) in [7, 11) is 1.88. The maximum absolute atomic E-state index is 11.9. The van der Waals surface area contributed by atoms with E-state index in [-0.39, 0.29) is 5.91 Å². The number of anilines is 2. The Morgan fingerprint density at radius 1 is 0.750 bits per heavy atom. The number of nitrogens with one attached hydrogen (secondary N) is 2. The SMILES string of the molecule is CCCCCCCCCCCCCCCC=CC(=O)Nc1ccc(NC)cc1. The largest absolute Gasteiger partial charge is 0.388 e. The summed E-state index contributed by atoms with van der Waals surface area (Å²) >= 11 is 0. The molecule has 0 unspecified atom stereocenters. The predicted molar refractivity (Wildman–Crippen MR) is 124 cm³/mol. The van der Waals surface area contributed by atoms with Crippen LogP contribution in [0, 0.1) is 0 Å². The van der Waals surface area contributed by atoms with E-state index in [2.05, 4.69) is 17.6 Å². The molecule has 0 bridgehead atoms. The highest BCUT2D eigenvalue weighted by atomic mass is 16.1. The van der Waals surface area contributed by atoms with Crippen LogP contribution in [-0.4, -0.2) is 13.0 Å². The van der Waals surface area contributed by atoms with Crippen LogP contribution in [0.3, 0.4) is 0 Å². The highest BCUT2D eigenvalue weighted by Crippen LogP contribution is 2.14. The van der Waals surface area contributed by atoms with Gasteiger partial charge in [0.25, 0.3) is 0 Å². The zero-order valence-electron chi connectivity index (χ0n) is 18.3. The van der Waals surface area contributed by atoms with E-state index in [1.54, 1.807) is 6.08 Å². The Balaban J connectivity index is 1.90. The molecule has 0 atom stereocenters. The highest BCUT2D eigenvalue weighted by Gasteiger charge is 1.98. The smallest absolute Gasteiger partial charge is 0.248 e. The average Bonchev–Trinajstić information content (AvgIpc) is 2.71. The molecule has 1 amide bonds. The third-order valence-electron chi connectivity index (χ3n) is 5.18. The molecule has 2 N–H and O–H groups in total. The van der Waals surface area contributed by atoms with Gasteiger partial charge in [0.1, 0.15) is 0 Å². The van der Waals surface area contributed by atoms with Gasteiger partial charge >= 0.3 is 0 Å². The van der Waals surface area contributed by atoms with Gasteiger partial charge in [-0.15, -0.1) is 0 Å². The van der Waals surface area contributed by atoms with Gasteiger partial charge in [-0.2, -0.15) is 0 Å². The summed E-state index contributed by atoms with van der Waals surface area (Å²) in [6, 6.07) is 7.72. The first-order valence-electron chi connectivity index (χ1n) is 11.5. The molecule has 0 aliphatic carbocycles. The molecule has 3 nitrogen and oxygen atoms in total. The summed E-state index contributed by atoms with van der Waals surface area (Å²) in [5, 5.41) is 5.95. The summed E-state index contributed by atoms with van der Waals surface area (Å²) in [6.45, 7) is 2.28. The minimum atomic E-state index is -0.0492. The Morgan fingerprint density at radius 2 is 1.21 bits per heavy atom. The van der Waals surface area contributed by atoms with E-state index in [1.807, 2.05) is 37.4 Å². The summed E-state index contributed by atoms with van der Waals surface area (Å²) in [4.78, 5) is 11.9. The van der Waals surface area contributed by atoms with Gasteiger partial charge in [-0.05, 0) is 43.2 Å². The minimum Gasteiger partial charge on any atom is -0.388 e. The number of hydrogen-bond acceptors (Lipinski definition) is 2. The Bertz CT molecular complexity index is 522. The summed E-state index contributed by atoms with van der Waals surface area (Å²) < 4.78 is 0. The van der Waals surface area contributed by atoms with Gasteiger partial charge in [0.2, 0.25) is 5.91 Å². The fourth-order valence-electron chi connectivity index (χ4n) is 3.37. The van der Waals surface area contributed by atoms with Crippen LogP contribution in [0.25, 0.3) is 0 Å². The molecule has 0 spiro atoms. The lowest BCUT2D eigenvalue weighted by molar-refractivity contribution is -0.111. The summed E-state index contributed by atoms with van der Waals surface area (Å²) in [5.74, 6) is -0.0492. The number of allylic oxidation sites excluding steroid dienone is 1. The van der Waals surface area contributed by atoms with Crippen molar-refractivity contribution in [1.82, 2.24) is 0 Å². The number of amides is 1. The molecule has 1 aromatic carbocycles. The normalized spacial score (nSPS) is 11.1. The molecular formula is C25H42N2O. The molecular weight excluding hydrogens is 344 g/mol. The topological polar surface area (TPSA) is 41.1 Å². The first kappa shape index (κ1) is 24.3. The van der Waals surface area contributed by atoms with Crippen molar-refractivity contribution in [1.29, 1.82) is 0 Å². The van der Waals surface area contributed by atoms with Gasteiger partial charge in [-0.3, -0.25) is 4.79 Å². The maximum atomic E-state index is 11.9. The third kappa shape index (κ3) is 13.4. The van der Waals surface area contributed by atoms with E-state index in [1.165, 1.54) is 83.5 Å². The van der Waals surface area contributed by atoms with Gasteiger partial charge in [0, 0.05) is 18.4 Å². The molecule has 0 heterocycles. The zero-order valence-corrected chi connectivity index (χ0v) is 18.3. The van der Waals surface area contributed by atoms with Crippen molar-refractivity contribution >= 4 is 17.3 Å². The summed E-state index contributed by atoms with van der Waals surface area (Å²) in [6.07, 6.45) is 22.5. The molecule has 0 radical (unpaired) electrons. The van der Waals surface area contributed by atoms with Crippen molar-refractivity contribution in [2.75, 3.05) is 17.7 Å². The van der Waals surface area contributed by atoms with E-state index in [0.717, 1.165) is 17.8 Å². The van der Waals surface area contributed by atoms with Crippen molar-refractivity contribution in [3.63, 3.8) is 0 Å². The van der Waals surface area contributed by atoms with Crippen LogP contribution in [0.5, 0.6) is 0 Å². The van der Waals surface area contributed by atoms with Gasteiger partial charge in [0.15, 0.2) is 0 Å². The lowest BCUT2D eigenvalue weighted by Crippen LogP contribution is -2.07. The van der Waals surface area contributed by atoms with Crippen LogP contribution in [0.4, 0.5) is 11.4 Å². The lowest BCUT2D eigenvalue weighted by atomic mass is 10.0. The average molecular weight is 387 g/mol. The Hall–Kier alpha value is -1.77. The van der Waals surface area contributed by atoms with Gasteiger partial charge in [-0.1, -0.05) is 90.0 Å². The predicted octanol–water partition coefficient (Wildman–Crippen LogP) is 7.70. The molecule has 3 heteroatoms. The number of unbranched alkanes of at least 4 members (excludes halogenated alkanes) is 13. The molecule has 158 valence electrons. The van der Waals surface area contributed by atoms with Gasteiger partial charge in [-0.25, -0.2) is 0 Å². The molecule has 0 saturated carbocycles. The van der Waals surface area contributed by atoms with Crippen molar-refractivity contribution < 1.29 is 4.79 Å². The number of benzene rings is 1. The highest BCUT2D eigenvalue weighted by molar-refractivity contribution is 5.99. The van der Waals surface area contributed by atoms with E-state index < -0.39 is 0 Å². The second kappa shape index (κ2) is 17.3. The molecule has 0 aliphatic rings. The number of rotatable bonds is 17. The molecule has 0 aliphatic heterocycles. The zero-order chi connectivity index (χ0) is 20.3. The van der Waals surface area contributed by atoms with Crippen LogP contribution in [0.15, 0.2) is 36.4 Å². The minimum absolute atomic E-state index is 0.0492. The monoisotopic (exact) mass is 386 g/mol. The van der Waals surface area contributed by atoms with Crippen LogP contribution in [0.1, 0.15) is 96.8 Å². The Morgan fingerprint density at radius 3 is 1.71 bits per heavy atom. The Labute approximate surface area is 173 Å². The molecule has 1 rings (SSSR count). The third-order valence-corrected chi connectivity index (χ3v) is 5.18. The van der Waals surface area contributed by atoms with E-state index in [4.69, 9.17) is 0 Å². The number of carbonyl (C=O) groups is 1. The van der Waals surface area contributed by atoms with Crippen LogP contribution < -0.4 is 10.6 Å². The van der Waals surface area contributed by atoms with Crippen molar-refractivity contribution in [3.05, 3.63) is 36.4 Å². The van der Waals surface area contributed by atoms with E-state index in [9.17, 15) is 4.79 Å². The molecule has 0 saturated heterocycles. The molecule has 1 aromatic rings. The summed E-state index contributed by atoms with van der Waals surface area (Å²) in [5.41, 5.74) is 1.87. The first-order chi connectivity index (χ1) is 13.8. The quantitative estimate of drug-likeness (QED) is 0.213. The molecule has 28 heavy (non-hydrogen) atoms. The molecule has 0 aromatic heterocycles. The van der Waals surface area contributed by atoms with Crippen molar-refractivity contribution in [2.24, 2.45) is 0 Å². The van der Waals surface area contributed by atoms with Crippen molar-refractivity contribution in [3.8, 4) is 0 Å². The van der Waals surface area contributed by atoms with Crippen molar-refractivity contribution in [2.45, 2.75) is 96.8 Å². The first-order valence-corrected chi connectivity index (χ1v) is 11.5. The fraction of sp³-hybridized carbons (Fsp3) is 0.640. The maximum Gasteiger partial charge on any atom is 0.248 e. The lowest BCUT2D eigenvalue weighted by Gasteiger charge is -2.04. The Kier molecular flexibility index (Phi) is 15.0. The van der Waals surface area contributed by atoms with Gasteiger partial charge in [0.05, 0.1) is 0 Å². The van der Waals surface area contributed by atoms with E-state index >= 15 is 0 Å². The van der Waals surface area contributed by atoms with Crippen LogP contribution in [-0.2, 0) is 4.79 Å². The fourth-order valence-corrected chi connectivity index (χ4v) is 3.37. The second-order valence-electron chi connectivity index (χ2n) is 7.75. The van der Waals surface area contributed by atoms with Crippen LogP contribution >= 0.6 is 0 Å². The molecule has 0 fully saturated rings. The second-order valence-corrected chi connectivity index (χ2v) is 7.75. The van der Waals surface area contributed by atoms with Crippen LogP contribution in [0.2, 0.25) is 0 Å².